The lowest BCUT2D eigenvalue weighted by molar-refractivity contribution is 0.749. The molecule has 4 heteroatoms. The Morgan fingerprint density at radius 2 is 0.706 bits per heavy atom. The van der Waals surface area contributed by atoms with Crippen molar-refractivity contribution in [3.8, 4) is 84.4 Å². The van der Waals surface area contributed by atoms with Crippen LogP contribution in [0.4, 0.5) is 0 Å². The molecule has 0 bridgehead atoms. The number of hydrogen-bond donors (Lipinski definition) is 0. The van der Waals surface area contributed by atoms with Crippen molar-refractivity contribution in [1.82, 2.24) is 19.5 Å². The summed E-state index contributed by atoms with van der Waals surface area (Å²) < 4.78 is 2.51. The van der Waals surface area contributed by atoms with E-state index in [1.807, 2.05) is 24.3 Å². The molecular formula is C64H40N4. The van der Waals surface area contributed by atoms with Gasteiger partial charge in [-0.15, -0.1) is 0 Å². The lowest BCUT2D eigenvalue weighted by Crippen LogP contribution is -2.33. The molecule has 0 unspecified atom stereocenters. The molecule has 1 aliphatic heterocycles. The van der Waals surface area contributed by atoms with Crippen molar-refractivity contribution in [3.05, 3.63) is 265 Å². The van der Waals surface area contributed by atoms with Crippen LogP contribution in [-0.2, 0) is 5.41 Å². The van der Waals surface area contributed by atoms with E-state index in [1.165, 1.54) is 72.0 Å². The van der Waals surface area contributed by atoms with E-state index in [4.69, 9.17) is 15.0 Å². The van der Waals surface area contributed by atoms with Crippen LogP contribution >= 0.6 is 0 Å². The monoisotopic (exact) mass is 864 g/mol. The first-order valence-electron chi connectivity index (χ1n) is 23.3. The van der Waals surface area contributed by atoms with Crippen LogP contribution in [0.2, 0.25) is 0 Å². The lowest BCUT2D eigenvalue weighted by Gasteiger charge is -2.40. The number of aromatic nitrogens is 4. The number of para-hydroxylation sites is 2. The molecule has 0 N–H and O–H groups in total. The first-order chi connectivity index (χ1) is 33.7. The summed E-state index contributed by atoms with van der Waals surface area (Å²) in [6.07, 6.45) is 0. The Bertz CT molecular complexity index is 3900. The van der Waals surface area contributed by atoms with Gasteiger partial charge < -0.3 is 4.57 Å². The summed E-state index contributed by atoms with van der Waals surface area (Å²) in [6.45, 7) is 0. The highest BCUT2D eigenvalue weighted by molar-refractivity contribution is 6.13. The van der Waals surface area contributed by atoms with Gasteiger partial charge in [-0.05, 0) is 91.0 Å². The van der Waals surface area contributed by atoms with Crippen LogP contribution in [0, 0.1) is 0 Å². The zero-order valence-corrected chi connectivity index (χ0v) is 36.9. The van der Waals surface area contributed by atoms with Crippen LogP contribution in [0.15, 0.2) is 243 Å². The Labute approximate surface area is 394 Å². The average molecular weight is 865 g/mol. The maximum Gasteiger partial charge on any atom is 0.164 e. The third-order valence-electron chi connectivity index (χ3n) is 14.3. The van der Waals surface area contributed by atoms with Gasteiger partial charge in [0.1, 0.15) is 0 Å². The number of benzene rings is 10. The van der Waals surface area contributed by atoms with Gasteiger partial charge in [0.15, 0.2) is 17.5 Å². The van der Waals surface area contributed by atoms with Crippen molar-refractivity contribution in [2.75, 3.05) is 0 Å². The molecule has 0 radical (unpaired) electrons. The highest BCUT2D eigenvalue weighted by atomic mass is 15.0. The Balaban J connectivity index is 0.890. The predicted octanol–water partition coefficient (Wildman–Crippen LogP) is 15.6. The minimum Gasteiger partial charge on any atom is -0.309 e. The van der Waals surface area contributed by atoms with E-state index >= 15 is 0 Å². The first kappa shape index (κ1) is 38.3. The van der Waals surface area contributed by atoms with Crippen LogP contribution < -0.4 is 0 Å². The summed E-state index contributed by atoms with van der Waals surface area (Å²) in [7, 11) is 0. The van der Waals surface area contributed by atoms with Crippen LogP contribution in [0.25, 0.3) is 106 Å². The molecule has 12 aromatic rings. The van der Waals surface area contributed by atoms with E-state index < -0.39 is 5.41 Å². The maximum atomic E-state index is 5.17. The number of hydrogen-bond acceptors (Lipinski definition) is 3. The number of fused-ring (bicyclic) bond motifs is 12. The zero-order chi connectivity index (χ0) is 44.8. The van der Waals surface area contributed by atoms with Crippen molar-refractivity contribution in [1.29, 1.82) is 0 Å². The van der Waals surface area contributed by atoms with Gasteiger partial charge in [0.2, 0.25) is 0 Å². The van der Waals surface area contributed by atoms with Crippen molar-refractivity contribution in [3.63, 3.8) is 0 Å². The van der Waals surface area contributed by atoms with Gasteiger partial charge in [-0.3, -0.25) is 0 Å². The molecule has 0 saturated heterocycles. The zero-order valence-electron chi connectivity index (χ0n) is 36.9. The normalized spacial score (nSPS) is 12.8. The molecule has 1 spiro atoms. The molecule has 0 saturated carbocycles. The second-order valence-corrected chi connectivity index (χ2v) is 17.9. The van der Waals surface area contributed by atoms with Crippen LogP contribution in [0.5, 0.6) is 0 Å². The molecule has 2 aliphatic rings. The van der Waals surface area contributed by atoms with Crippen molar-refractivity contribution in [2.45, 2.75) is 5.41 Å². The van der Waals surface area contributed by atoms with E-state index in [9.17, 15) is 0 Å². The van der Waals surface area contributed by atoms with Crippen LogP contribution in [0.3, 0.4) is 0 Å². The standard InChI is InChI=1S/C64H40N4/c1-3-15-41(16-4-1)42-29-31-43(32-30-42)47-19-13-20-49(39-47)63-66-61(45-17-5-2-6-18-45)65-62(67-63)46-35-33-44(34-36-46)48-37-38-59-57(40-48)64(54-25-10-7-21-50(54)51-22-8-11-26-55(51)64)56-27-14-24-53-52-23-9-12-28-58(52)68(59)60(53)56/h1-40H. The Kier molecular flexibility index (Phi) is 8.46. The minimum atomic E-state index is -0.513. The van der Waals surface area contributed by atoms with Gasteiger partial charge in [-0.1, -0.05) is 218 Å². The molecule has 2 aromatic heterocycles. The van der Waals surface area contributed by atoms with Crippen LogP contribution in [-0.4, -0.2) is 19.5 Å². The molecule has 14 rings (SSSR count). The fourth-order valence-corrected chi connectivity index (χ4v) is 11.2. The lowest BCUT2D eigenvalue weighted by atomic mass is 9.65. The highest BCUT2D eigenvalue weighted by Crippen LogP contribution is 2.61. The second-order valence-electron chi connectivity index (χ2n) is 17.9. The van der Waals surface area contributed by atoms with Crippen LogP contribution in [0.1, 0.15) is 22.3 Å². The summed E-state index contributed by atoms with van der Waals surface area (Å²) in [5.41, 5.74) is 20.7. The molecule has 0 amide bonds. The summed E-state index contributed by atoms with van der Waals surface area (Å²) in [5, 5.41) is 2.55. The van der Waals surface area contributed by atoms with Crippen molar-refractivity contribution >= 4 is 21.8 Å². The topological polar surface area (TPSA) is 43.6 Å². The number of nitrogens with zero attached hydrogens (tertiary/aromatic N) is 4. The first-order valence-corrected chi connectivity index (χ1v) is 23.3. The summed E-state index contributed by atoms with van der Waals surface area (Å²) in [5.74, 6) is 1.89. The van der Waals surface area contributed by atoms with Gasteiger partial charge in [0, 0.05) is 27.5 Å². The summed E-state index contributed by atoms with van der Waals surface area (Å²) >= 11 is 0. The molecule has 4 nitrogen and oxygen atoms in total. The average Bonchev–Trinajstić information content (AvgIpc) is 3.92. The van der Waals surface area contributed by atoms with Gasteiger partial charge in [0.25, 0.3) is 0 Å². The fraction of sp³-hybridized carbons (Fsp3) is 0.0156. The molecule has 10 aromatic carbocycles. The van der Waals surface area contributed by atoms with E-state index in [2.05, 4.69) is 223 Å². The van der Waals surface area contributed by atoms with E-state index in [1.54, 1.807) is 0 Å². The van der Waals surface area contributed by atoms with Gasteiger partial charge in [-0.25, -0.2) is 15.0 Å². The van der Waals surface area contributed by atoms with Gasteiger partial charge in [-0.2, -0.15) is 0 Å². The maximum absolute atomic E-state index is 5.17. The third kappa shape index (κ3) is 5.71. The van der Waals surface area contributed by atoms with E-state index in [-0.39, 0.29) is 0 Å². The molecule has 0 atom stereocenters. The Hall–Kier alpha value is -8.99. The third-order valence-corrected chi connectivity index (χ3v) is 14.3. The Morgan fingerprint density at radius 3 is 1.38 bits per heavy atom. The second kappa shape index (κ2) is 15.0. The molecule has 1 aliphatic carbocycles. The van der Waals surface area contributed by atoms with Gasteiger partial charge in [0.05, 0.1) is 22.1 Å². The summed E-state index contributed by atoms with van der Waals surface area (Å²) in [6, 6.07) is 87.6. The quantitative estimate of drug-likeness (QED) is 0.167. The summed E-state index contributed by atoms with van der Waals surface area (Å²) in [4.78, 5) is 15.4. The Morgan fingerprint density at radius 1 is 0.279 bits per heavy atom. The SMILES string of the molecule is c1ccc(-c2ccc(-c3cccc(-c4nc(-c5ccccc5)nc(-c5ccc(-c6ccc7c(c6)C6(c8ccccc8-c8ccccc86)c6cccc8c9ccccc9n-7c68)cc5)n4)c3)cc2)cc1. The predicted molar refractivity (Wildman–Crippen MR) is 278 cm³/mol. The van der Waals surface area contributed by atoms with Crippen molar-refractivity contribution < 1.29 is 0 Å². The molecular weight excluding hydrogens is 825 g/mol. The number of rotatable bonds is 6. The molecule has 0 fully saturated rings. The molecule has 3 heterocycles. The minimum absolute atomic E-state index is 0.513. The van der Waals surface area contributed by atoms with Gasteiger partial charge >= 0.3 is 0 Å². The van der Waals surface area contributed by atoms with Crippen molar-refractivity contribution in [2.24, 2.45) is 0 Å². The highest BCUT2D eigenvalue weighted by Gasteiger charge is 2.50. The largest absolute Gasteiger partial charge is 0.309 e. The smallest absolute Gasteiger partial charge is 0.164 e. The van der Waals surface area contributed by atoms with E-state index in [0.717, 1.165) is 38.9 Å². The fourth-order valence-electron chi connectivity index (χ4n) is 11.2. The molecule has 316 valence electrons. The molecule has 68 heavy (non-hydrogen) atoms. The van der Waals surface area contributed by atoms with E-state index in [0.29, 0.717) is 17.5 Å².